The van der Waals surface area contributed by atoms with Crippen molar-refractivity contribution >= 4 is 5.71 Å². The Hall–Kier alpha value is -3.07. The van der Waals surface area contributed by atoms with E-state index < -0.39 is 0 Å². The maximum absolute atomic E-state index is 6.35. The molecule has 2 aliphatic rings. The third-order valence-corrected chi connectivity index (χ3v) is 5.17. The average Bonchev–Trinajstić information content (AvgIpc) is 3.14. The number of nitrogens with zero attached hydrogens (tertiary/aromatic N) is 2. The molecule has 2 heterocycles. The fourth-order valence-corrected chi connectivity index (χ4v) is 3.79. The molecular formula is C23H20N2O. The van der Waals surface area contributed by atoms with Gasteiger partial charge in [-0.25, -0.2) is 5.01 Å². The Balaban J connectivity index is 1.59. The molecule has 26 heavy (non-hydrogen) atoms. The number of rotatable bonds is 2. The number of ether oxygens (including phenoxy) is 1. The Morgan fingerprint density at radius 2 is 1.62 bits per heavy atom. The summed E-state index contributed by atoms with van der Waals surface area (Å²) in [6.07, 6.45) is 0.700. The van der Waals surface area contributed by atoms with E-state index in [-0.39, 0.29) is 12.3 Å². The Morgan fingerprint density at radius 3 is 2.42 bits per heavy atom. The zero-order valence-corrected chi connectivity index (χ0v) is 14.7. The van der Waals surface area contributed by atoms with Crippen molar-refractivity contribution in [2.75, 3.05) is 0 Å². The van der Waals surface area contributed by atoms with Crippen LogP contribution in [0.2, 0.25) is 0 Å². The lowest BCUT2D eigenvalue weighted by atomic mass is 9.95. The summed E-state index contributed by atoms with van der Waals surface area (Å²) in [4.78, 5) is 0. The molecule has 0 spiro atoms. The summed E-state index contributed by atoms with van der Waals surface area (Å²) in [7, 11) is 0. The fraction of sp³-hybridized carbons (Fsp3) is 0.174. The van der Waals surface area contributed by atoms with Crippen LogP contribution in [0.5, 0.6) is 5.75 Å². The van der Waals surface area contributed by atoms with Gasteiger partial charge in [0.15, 0.2) is 0 Å². The smallest absolute Gasteiger partial charge is 0.213 e. The zero-order valence-electron chi connectivity index (χ0n) is 14.7. The van der Waals surface area contributed by atoms with Gasteiger partial charge in [-0.1, -0.05) is 78.4 Å². The van der Waals surface area contributed by atoms with Crippen molar-refractivity contribution in [3.05, 3.63) is 101 Å². The van der Waals surface area contributed by atoms with Gasteiger partial charge in [0, 0.05) is 17.5 Å². The minimum atomic E-state index is -0.195. The van der Waals surface area contributed by atoms with E-state index in [1.807, 2.05) is 12.1 Å². The Bertz CT molecular complexity index is 963. The van der Waals surface area contributed by atoms with Crippen LogP contribution >= 0.6 is 0 Å². The molecule has 0 aromatic heterocycles. The van der Waals surface area contributed by atoms with Gasteiger partial charge in [-0.3, -0.25) is 0 Å². The van der Waals surface area contributed by atoms with Crippen molar-refractivity contribution in [2.24, 2.45) is 5.10 Å². The molecule has 0 bridgehead atoms. The minimum Gasteiger partial charge on any atom is -0.464 e. The highest BCUT2D eigenvalue weighted by molar-refractivity contribution is 6.02. The van der Waals surface area contributed by atoms with E-state index in [9.17, 15) is 0 Å². The van der Waals surface area contributed by atoms with Crippen molar-refractivity contribution in [3.63, 3.8) is 0 Å². The lowest BCUT2D eigenvalue weighted by molar-refractivity contribution is -0.0190. The van der Waals surface area contributed by atoms with Gasteiger partial charge in [0.25, 0.3) is 0 Å². The molecular weight excluding hydrogens is 320 g/mol. The van der Waals surface area contributed by atoms with E-state index in [0.717, 1.165) is 23.4 Å². The second kappa shape index (κ2) is 6.03. The molecule has 0 radical (unpaired) electrons. The quantitative estimate of drug-likeness (QED) is 0.637. The first-order valence-electron chi connectivity index (χ1n) is 9.03. The maximum atomic E-state index is 6.35. The van der Waals surface area contributed by atoms with Crippen LogP contribution in [0.1, 0.15) is 40.9 Å². The summed E-state index contributed by atoms with van der Waals surface area (Å²) in [5.41, 5.74) is 5.91. The van der Waals surface area contributed by atoms with Gasteiger partial charge < -0.3 is 4.74 Å². The highest BCUT2D eigenvalue weighted by atomic mass is 16.5. The number of hydrogen-bond acceptors (Lipinski definition) is 3. The SMILES string of the molecule is Cc1ccc(C2=NN3C(C2)c2ccccc2OC3c2ccccc2)cc1. The predicted octanol–water partition coefficient (Wildman–Crippen LogP) is 5.24. The normalized spacial score (nSPS) is 20.8. The molecule has 0 fully saturated rings. The van der Waals surface area contributed by atoms with Crippen molar-refractivity contribution in [1.29, 1.82) is 0 Å². The van der Waals surface area contributed by atoms with Crippen LogP contribution < -0.4 is 4.74 Å². The van der Waals surface area contributed by atoms with E-state index in [1.54, 1.807) is 0 Å². The van der Waals surface area contributed by atoms with Crippen LogP contribution in [-0.2, 0) is 0 Å². The second-order valence-electron chi connectivity index (χ2n) is 6.93. The summed E-state index contributed by atoms with van der Waals surface area (Å²) >= 11 is 0. The monoisotopic (exact) mass is 340 g/mol. The van der Waals surface area contributed by atoms with Gasteiger partial charge in [0.1, 0.15) is 5.75 Å². The lowest BCUT2D eigenvalue weighted by Crippen LogP contribution is -2.33. The number of benzene rings is 3. The molecule has 128 valence electrons. The highest BCUT2D eigenvalue weighted by Crippen LogP contribution is 2.47. The van der Waals surface area contributed by atoms with Gasteiger partial charge in [-0.15, -0.1) is 0 Å². The van der Waals surface area contributed by atoms with Crippen molar-refractivity contribution in [2.45, 2.75) is 25.6 Å². The number of fused-ring (bicyclic) bond motifs is 3. The van der Waals surface area contributed by atoms with E-state index >= 15 is 0 Å². The van der Waals surface area contributed by atoms with Crippen LogP contribution in [0, 0.1) is 6.92 Å². The number of hydrazone groups is 1. The molecule has 2 unspecified atom stereocenters. The Kier molecular flexibility index (Phi) is 3.52. The van der Waals surface area contributed by atoms with Gasteiger partial charge in [0.05, 0.1) is 11.8 Å². The minimum absolute atomic E-state index is 0.195. The maximum Gasteiger partial charge on any atom is 0.213 e. The van der Waals surface area contributed by atoms with Crippen LogP contribution in [0.4, 0.5) is 0 Å². The van der Waals surface area contributed by atoms with E-state index in [2.05, 4.69) is 78.7 Å². The van der Waals surface area contributed by atoms with E-state index in [4.69, 9.17) is 9.84 Å². The third-order valence-electron chi connectivity index (χ3n) is 5.17. The summed E-state index contributed by atoms with van der Waals surface area (Å²) in [6.45, 7) is 2.11. The summed E-state index contributed by atoms with van der Waals surface area (Å²) in [5, 5.41) is 7.12. The van der Waals surface area contributed by atoms with Gasteiger partial charge in [-0.05, 0) is 18.6 Å². The second-order valence-corrected chi connectivity index (χ2v) is 6.93. The molecule has 2 aliphatic heterocycles. The molecule has 0 saturated heterocycles. The molecule has 0 aliphatic carbocycles. The molecule has 0 saturated carbocycles. The molecule has 5 rings (SSSR count). The molecule has 2 atom stereocenters. The lowest BCUT2D eigenvalue weighted by Gasteiger charge is -2.38. The number of para-hydroxylation sites is 1. The van der Waals surface area contributed by atoms with Crippen molar-refractivity contribution in [3.8, 4) is 5.75 Å². The largest absolute Gasteiger partial charge is 0.464 e. The fourth-order valence-electron chi connectivity index (χ4n) is 3.79. The van der Waals surface area contributed by atoms with Crippen LogP contribution in [-0.4, -0.2) is 10.7 Å². The topological polar surface area (TPSA) is 24.8 Å². The summed E-state index contributed by atoms with van der Waals surface area (Å²) in [6, 6.07) is 27.5. The first-order valence-corrected chi connectivity index (χ1v) is 9.03. The first kappa shape index (κ1) is 15.2. The standard InChI is InChI=1S/C23H20N2O/c1-16-11-13-17(14-12-16)20-15-21-19-9-5-6-10-22(19)26-23(25(21)24-20)18-7-3-2-4-8-18/h2-14,21,23H,15H2,1H3. The first-order chi connectivity index (χ1) is 12.8. The van der Waals surface area contributed by atoms with Crippen LogP contribution in [0.15, 0.2) is 84.0 Å². The summed E-state index contributed by atoms with van der Waals surface area (Å²) < 4.78 is 6.35. The molecule has 3 nitrogen and oxygen atoms in total. The van der Waals surface area contributed by atoms with Gasteiger partial charge >= 0.3 is 0 Å². The third kappa shape index (κ3) is 2.48. The average molecular weight is 340 g/mol. The number of aryl methyl sites for hydroxylation is 1. The molecule has 3 heteroatoms. The van der Waals surface area contributed by atoms with E-state index in [0.29, 0.717) is 0 Å². The predicted molar refractivity (Wildman–Crippen MR) is 103 cm³/mol. The molecule has 0 N–H and O–H groups in total. The Labute approximate surface area is 153 Å². The van der Waals surface area contributed by atoms with Gasteiger partial charge in [0.2, 0.25) is 6.23 Å². The van der Waals surface area contributed by atoms with Gasteiger partial charge in [-0.2, -0.15) is 5.10 Å². The zero-order chi connectivity index (χ0) is 17.5. The molecule has 3 aromatic rings. The Morgan fingerprint density at radius 1 is 0.885 bits per heavy atom. The van der Waals surface area contributed by atoms with Crippen LogP contribution in [0.25, 0.3) is 0 Å². The van der Waals surface area contributed by atoms with Crippen LogP contribution in [0.3, 0.4) is 0 Å². The van der Waals surface area contributed by atoms with Crippen molar-refractivity contribution < 1.29 is 4.74 Å². The van der Waals surface area contributed by atoms with E-state index in [1.165, 1.54) is 16.7 Å². The molecule has 3 aromatic carbocycles. The molecule has 0 amide bonds. The number of hydrogen-bond donors (Lipinski definition) is 0. The highest BCUT2D eigenvalue weighted by Gasteiger charge is 2.40. The van der Waals surface area contributed by atoms with Crippen molar-refractivity contribution in [1.82, 2.24) is 5.01 Å². The summed E-state index contributed by atoms with van der Waals surface area (Å²) in [5.74, 6) is 0.961.